The maximum Gasteiger partial charge on any atom is 0.311 e. The summed E-state index contributed by atoms with van der Waals surface area (Å²) >= 11 is 1.28. The molecule has 1 aliphatic rings. The number of aryl methyl sites for hydroxylation is 2. The van der Waals surface area contributed by atoms with E-state index in [1.807, 2.05) is 6.92 Å². The van der Waals surface area contributed by atoms with Crippen molar-refractivity contribution in [1.29, 1.82) is 0 Å². The van der Waals surface area contributed by atoms with Crippen LogP contribution in [0.15, 0.2) is 23.4 Å². The largest absolute Gasteiger partial charge is 0.490 e. The van der Waals surface area contributed by atoms with E-state index in [-0.39, 0.29) is 23.1 Å². The summed E-state index contributed by atoms with van der Waals surface area (Å²) in [5, 5.41) is 14.2. The summed E-state index contributed by atoms with van der Waals surface area (Å²) in [4.78, 5) is 31.7. The molecule has 0 fully saturated rings. The number of thioether (sulfide) groups is 1. The zero-order valence-corrected chi connectivity index (χ0v) is 16.0. The molecule has 3 rings (SSSR count). The van der Waals surface area contributed by atoms with E-state index < -0.39 is 4.92 Å². The first-order valence-electron chi connectivity index (χ1n) is 8.59. The molecule has 2 aromatic rings. The molecular weight excluding hydrogens is 368 g/mol. The Kier molecular flexibility index (Phi) is 5.90. The molecule has 1 aromatic heterocycles. The number of anilines is 1. The van der Waals surface area contributed by atoms with E-state index in [2.05, 4.69) is 15.3 Å². The Morgan fingerprint density at radius 2 is 2.11 bits per heavy atom. The van der Waals surface area contributed by atoms with Crippen LogP contribution in [0.4, 0.5) is 11.4 Å². The molecule has 1 amide bonds. The van der Waals surface area contributed by atoms with Crippen molar-refractivity contribution in [1.82, 2.24) is 9.97 Å². The number of carbonyl (C=O) groups is 1. The van der Waals surface area contributed by atoms with E-state index in [0.29, 0.717) is 10.8 Å². The second kappa shape index (κ2) is 8.34. The molecule has 1 aromatic carbocycles. The number of benzene rings is 1. The molecule has 1 N–H and O–H groups in total. The van der Waals surface area contributed by atoms with Gasteiger partial charge in [-0.3, -0.25) is 14.9 Å². The molecule has 1 heterocycles. The molecule has 142 valence electrons. The number of amides is 1. The maximum absolute atomic E-state index is 12.2. The maximum atomic E-state index is 12.2. The van der Waals surface area contributed by atoms with Gasteiger partial charge in [0.15, 0.2) is 10.9 Å². The van der Waals surface area contributed by atoms with E-state index in [0.717, 1.165) is 30.7 Å². The summed E-state index contributed by atoms with van der Waals surface area (Å²) in [6.45, 7) is 1.99. The van der Waals surface area contributed by atoms with E-state index in [9.17, 15) is 14.9 Å². The minimum Gasteiger partial charge on any atom is -0.490 e. The third-order valence-electron chi connectivity index (χ3n) is 4.36. The number of hydrogen-bond donors (Lipinski definition) is 1. The molecule has 0 unspecified atom stereocenters. The molecule has 0 radical (unpaired) electrons. The molecule has 0 aliphatic heterocycles. The fourth-order valence-electron chi connectivity index (χ4n) is 3.05. The number of nitrogens with one attached hydrogen (secondary N) is 1. The van der Waals surface area contributed by atoms with Crippen molar-refractivity contribution >= 4 is 29.0 Å². The molecule has 0 atom stereocenters. The van der Waals surface area contributed by atoms with Crippen LogP contribution in [0.1, 0.15) is 29.8 Å². The van der Waals surface area contributed by atoms with Crippen LogP contribution in [0.5, 0.6) is 5.75 Å². The van der Waals surface area contributed by atoms with Crippen molar-refractivity contribution < 1.29 is 14.5 Å². The topological polar surface area (TPSA) is 107 Å². The molecule has 0 bridgehead atoms. The predicted molar refractivity (Wildman–Crippen MR) is 102 cm³/mol. The van der Waals surface area contributed by atoms with Crippen LogP contribution in [0.25, 0.3) is 0 Å². The highest BCUT2D eigenvalue weighted by Crippen LogP contribution is 2.30. The van der Waals surface area contributed by atoms with Crippen LogP contribution in [-0.2, 0) is 17.6 Å². The highest BCUT2D eigenvalue weighted by atomic mass is 32.2. The lowest BCUT2D eigenvalue weighted by Crippen LogP contribution is -2.15. The van der Waals surface area contributed by atoms with Crippen LogP contribution in [-0.4, -0.2) is 33.7 Å². The first-order chi connectivity index (χ1) is 13.0. The van der Waals surface area contributed by atoms with Gasteiger partial charge in [-0.1, -0.05) is 11.8 Å². The molecule has 27 heavy (non-hydrogen) atoms. The van der Waals surface area contributed by atoms with Crippen LogP contribution in [0, 0.1) is 17.0 Å². The van der Waals surface area contributed by atoms with Crippen molar-refractivity contribution in [3.05, 3.63) is 45.3 Å². The Morgan fingerprint density at radius 3 is 2.85 bits per heavy atom. The zero-order valence-electron chi connectivity index (χ0n) is 15.2. The van der Waals surface area contributed by atoms with Crippen LogP contribution in [0.3, 0.4) is 0 Å². The summed E-state index contributed by atoms with van der Waals surface area (Å²) in [6.07, 6.45) is 4.29. The SMILES string of the molecule is COc1cc(NC(=O)CSc2nc(C)c3c(n2)CCCC3)ccc1[N+](=O)[O-]. The smallest absolute Gasteiger partial charge is 0.311 e. The Hall–Kier alpha value is -2.68. The summed E-state index contributed by atoms with van der Waals surface area (Å²) in [5.74, 6) is 0.00586. The number of hydrogen-bond acceptors (Lipinski definition) is 7. The van der Waals surface area contributed by atoms with Crippen molar-refractivity contribution in [2.24, 2.45) is 0 Å². The minimum atomic E-state index is -0.532. The summed E-state index contributed by atoms with van der Waals surface area (Å²) in [6, 6.07) is 4.21. The van der Waals surface area contributed by atoms with Crippen molar-refractivity contribution in [3.8, 4) is 5.75 Å². The Bertz CT molecular complexity index is 888. The third-order valence-corrected chi connectivity index (χ3v) is 5.21. The molecule has 8 nitrogen and oxygen atoms in total. The van der Waals surface area contributed by atoms with Gasteiger partial charge in [-0.15, -0.1) is 0 Å². The Labute approximate surface area is 160 Å². The minimum absolute atomic E-state index is 0.0964. The first kappa shape index (κ1) is 19.1. The van der Waals surface area contributed by atoms with E-state index in [1.54, 1.807) is 0 Å². The standard InChI is InChI=1S/C18H20N4O4S/c1-11-13-5-3-4-6-14(13)21-18(19-11)27-10-17(23)20-12-7-8-15(22(24)25)16(9-12)26-2/h7-9H,3-6,10H2,1-2H3,(H,20,23). The monoisotopic (exact) mass is 388 g/mol. The summed E-state index contributed by atoms with van der Waals surface area (Å²) in [5.41, 5.74) is 3.61. The Morgan fingerprint density at radius 1 is 1.33 bits per heavy atom. The van der Waals surface area contributed by atoms with Crippen molar-refractivity contribution in [3.63, 3.8) is 0 Å². The molecule has 9 heteroatoms. The third kappa shape index (κ3) is 4.54. The van der Waals surface area contributed by atoms with Gasteiger partial charge in [-0.05, 0) is 44.2 Å². The molecular formula is C18H20N4O4S. The van der Waals surface area contributed by atoms with Gasteiger partial charge in [-0.2, -0.15) is 0 Å². The summed E-state index contributed by atoms with van der Waals surface area (Å²) < 4.78 is 5.01. The Balaban J connectivity index is 1.63. The second-order valence-electron chi connectivity index (χ2n) is 6.20. The van der Waals surface area contributed by atoms with Crippen LogP contribution in [0.2, 0.25) is 0 Å². The van der Waals surface area contributed by atoms with Crippen molar-refractivity contribution in [2.75, 3.05) is 18.2 Å². The number of rotatable bonds is 6. The highest BCUT2D eigenvalue weighted by Gasteiger charge is 2.17. The fourth-order valence-corrected chi connectivity index (χ4v) is 3.76. The molecule has 0 spiro atoms. The summed E-state index contributed by atoms with van der Waals surface area (Å²) in [7, 11) is 1.35. The van der Waals surface area contributed by atoms with E-state index >= 15 is 0 Å². The molecule has 0 saturated carbocycles. The highest BCUT2D eigenvalue weighted by molar-refractivity contribution is 7.99. The first-order valence-corrected chi connectivity index (χ1v) is 9.58. The number of methoxy groups -OCH3 is 1. The number of nitrogens with zero attached hydrogens (tertiary/aromatic N) is 3. The number of ether oxygens (including phenoxy) is 1. The second-order valence-corrected chi connectivity index (χ2v) is 7.15. The number of nitro benzene ring substituents is 1. The average Bonchev–Trinajstić information content (AvgIpc) is 2.66. The number of carbonyl (C=O) groups excluding carboxylic acids is 1. The normalized spacial score (nSPS) is 13.0. The predicted octanol–water partition coefficient (Wildman–Crippen LogP) is 3.31. The lowest BCUT2D eigenvalue weighted by atomic mass is 9.95. The van der Waals surface area contributed by atoms with Gasteiger partial charge < -0.3 is 10.1 Å². The van der Waals surface area contributed by atoms with Gasteiger partial charge >= 0.3 is 5.69 Å². The van der Waals surface area contributed by atoms with E-state index in [4.69, 9.17) is 4.74 Å². The van der Waals surface area contributed by atoms with Gasteiger partial charge in [0, 0.05) is 29.2 Å². The van der Waals surface area contributed by atoms with Crippen molar-refractivity contribution in [2.45, 2.75) is 37.8 Å². The molecule has 1 aliphatic carbocycles. The zero-order chi connectivity index (χ0) is 19.4. The van der Waals surface area contributed by atoms with Crippen LogP contribution >= 0.6 is 11.8 Å². The average molecular weight is 388 g/mol. The van der Waals surface area contributed by atoms with Gasteiger partial charge in [0.05, 0.1) is 17.8 Å². The van der Waals surface area contributed by atoms with Gasteiger partial charge in [0.2, 0.25) is 5.91 Å². The molecule has 0 saturated heterocycles. The lowest BCUT2D eigenvalue weighted by molar-refractivity contribution is -0.385. The number of fused-ring (bicyclic) bond motifs is 1. The number of nitro groups is 1. The number of aromatic nitrogens is 2. The fraction of sp³-hybridized carbons (Fsp3) is 0.389. The van der Waals surface area contributed by atoms with E-state index in [1.165, 1.54) is 49.1 Å². The quantitative estimate of drug-likeness (QED) is 0.350. The van der Waals surface area contributed by atoms with Gasteiger partial charge in [0.1, 0.15) is 0 Å². The van der Waals surface area contributed by atoms with Crippen LogP contribution < -0.4 is 10.1 Å². The van der Waals surface area contributed by atoms with Gasteiger partial charge in [0.25, 0.3) is 0 Å². The van der Waals surface area contributed by atoms with Gasteiger partial charge in [-0.25, -0.2) is 9.97 Å². The lowest BCUT2D eigenvalue weighted by Gasteiger charge is -2.17.